The van der Waals surface area contributed by atoms with Gasteiger partial charge in [0.15, 0.2) is 11.5 Å². The highest BCUT2D eigenvalue weighted by molar-refractivity contribution is 5.62. The standard InChI is InChI=1S/C22H28N2O/c1-2-10-17(9-1)23-19-13-5-7-15-21(19)25-22-16-8-6-14-20(22)24-18-11-3-4-12-18/h5-8,13-18,23-24H,1-4,9-12H2. The number of para-hydroxylation sites is 4. The molecule has 0 radical (unpaired) electrons. The van der Waals surface area contributed by atoms with Crippen molar-refractivity contribution >= 4 is 11.4 Å². The molecule has 2 aromatic rings. The summed E-state index contributed by atoms with van der Waals surface area (Å²) in [4.78, 5) is 0. The second kappa shape index (κ2) is 7.81. The first-order valence-electron chi connectivity index (χ1n) is 9.77. The number of benzene rings is 2. The number of hydrogen-bond acceptors (Lipinski definition) is 3. The zero-order chi connectivity index (χ0) is 16.9. The van der Waals surface area contributed by atoms with Gasteiger partial charge in [0, 0.05) is 12.1 Å². The van der Waals surface area contributed by atoms with Crippen LogP contribution in [0.2, 0.25) is 0 Å². The van der Waals surface area contributed by atoms with Crippen molar-refractivity contribution in [2.75, 3.05) is 10.6 Å². The first kappa shape index (κ1) is 16.3. The van der Waals surface area contributed by atoms with Crippen molar-refractivity contribution in [1.82, 2.24) is 0 Å². The maximum absolute atomic E-state index is 6.34. The molecule has 0 amide bonds. The predicted molar refractivity (Wildman–Crippen MR) is 105 cm³/mol. The van der Waals surface area contributed by atoms with Crippen molar-refractivity contribution in [3.8, 4) is 11.5 Å². The first-order valence-corrected chi connectivity index (χ1v) is 9.77. The fraction of sp³-hybridized carbons (Fsp3) is 0.455. The Morgan fingerprint density at radius 3 is 1.44 bits per heavy atom. The molecule has 4 rings (SSSR count). The van der Waals surface area contributed by atoms with Gasteiger partial charge in [0.2, 0.25) is 0 Å². The summed E-state index contributed by atoms with van der Waals surface area (Å²) in [5, 5.41) is 7.35. The molecule has 25 heavy (non-hydrogen) atoms. The summed E-state index contributed by atoms with van der Waals surface area (Å²) in [6.45, 7) is 0. The van der Waals surface area contributed by atoms with Gasteiger partial charge in [-0.25, -0.2) is 0 Å². The van der Waals surface area contributed by atoms with E-state index in [1.165, 1.54) is 51.4 Å². The maximum Gasteiger partial charge on any atom is 0.150 e. The molecule has 3 nitrogen and oxygen atoms in total. The van der Waals surface area contributed by atoms with Crippen LogP contribution in [0, 0.1) is 0 Å². The second-order valence-electron chi connectivity index (χ2n) is 7.35. The topological polar surface area (TPSA) is 33.3 Å². The Bertz CT molecular complexity index is 628. The molecule has 0 aromatic heterocycles. The Kier molecular flexibility index (Phi) is 5.10. The molecular formula is C22H28N2O. The summed E-state index contributed by atoms with van der Waals surface area (Å²) >= 11 is 0. The fourth-order valence-electron chi connectivity index (χ4n) is 4.05. The van der Waals surface area contributed by atoms with Crippen LogP contribution in [0.4, 0.5) is 11.4 Å². The minimum atomic E-state index is 0.580. The lowest BCUT2D eigenvalue weighted by Gasteiger charge is -2.20. The number of rotatable bonds is 6. The maximum atomic E-state index is 6.34. The van der Waals surface area contributed by atoms with E-state index in [1.54, 1.807) is 0 Å². The smallest absolute Gasteiger partial charge is 0.150 e. The molecule has 0 bridgehead atoms. The number of nitrogens with one attached hydrogen (secondary N) is 2. The lowest BCUT2D eigenvalue weighted by Crippen LogP contribution is -2.16. The third-order valence-electron chi connectivity index (χ3n) is 5.42. The molecule has 0 unspecified atom stereocenters. The van der Waals surface area contributed by atoms with Crippen molar-refractivity contribution in [3.63, 3.8) is 0 Å². The minimum absolute atomic E-state index is 0.580. The summed E-state index contributed by atoms with van der Waals surface area (Å²) in [6.07, 6.45) is 10.3. The minimum Gasteiger partial charge on any atom is -0.453 e. The van der Waals surface area contributed by atoms with Crippen LogP contribution >= 0.6 is 0 Å². The molecule has 2 fully saturated rings. The molecular weight excluding hydrogens is 308 g/mol. The van der Waals surface area contributed by atoms with E-state index in [-0.39, 0.29) is 0 Å². The van der Waals surface area contributed by atoms with E-state index >= 15 is 0 Å². The quantitative estimate of drug-likeness (QED) is 0.660. The van der Waals surface area contributed by atoms with E-state index < -0.39 is 0 Å². The van der Waals surface area contributed by atoms with Crippen LogP contribution in [0.3, 0.4) is 0 Å². The first-order chi connectivity index (χ1) is 12.4. The normalized spacial score (nSPS) is 18.4. The van der Waals surface area contributed by atoms with Gasteiger partial charge in [0.25, 0.3) is 0 Å². The van der Waals surface area contributed by atoms with Gasteiger partial charge in [-0.05, 0) is 49.9 Å². The Morgan fingerprint density at radius 2 is 1.00 bits per heavy atom. The van der Waals surface area contributed by atoms with E-state index in [1.807, 2.05) is 12.1 Å². The largest absolute Gasteiger partial charge is 0.453 e. The van der Waals surface area contributed by atoms with Crippen molar-refractivity contribution in [1.29, 1.82) is 0 Å². The van der Waals surface area contributed by atoms with Gasteiger partial charge in [-0.2, -0.15) is 0 Å². The van der Waals surface area contributed by atoms with Crippen molar-refractivity contribution in [3.05, 3.63) is 48.5 Å². The number of anilines is 2. The van der Waals surface area contributed by atoms with Gasteiger partial charge in [0.1, 0.15) is 0 Å². The molecule has 0 aliphatic heterocycles. The molecule has 2 N–H and O–H groups in total. The lowest BCUT2D eigenvalue weighted by atomic mass is 10.2. The molecule has 0 saturated heterocycles. The molecule has 2 aliphatic carbocycles. The molecule has 132 valence electrons. The third-order valence-corrected chi connectivity index (χ3v) is 5.42. The summed E-state index contributed by atoms with van der Waals surface area (Å²) < 4.78 is 6.34. The molecule has 2 aliphatic rings. The van der Waals surface area contributed by atoms with Gasteiger partial charge in [-0.1, -0.05) is 49.9 Å². The Morgan fingerprint density at radius 1 is 0.600 bits per heavy atom. The fourth-order valence-corrected chi connectivity index (χ4v) is 4.05. The molecule has 0 atom stereocenters. The van der Waals surface area contributed by atoms with Gasteiger partial charge >= 0.3 is 0 Å². The van der Waals surface area contributed by atoms with E-state index in [9.17, 15) is 0 Å². The van der Waals surface area contributed by atoms with E-state index in [0.717, 1.165) is 22.9 Å². The average molecular weight is 336 g/mol. The van der Waals surface area contributed by atoms with Crippen LogP contribution in [0.15, 0.2) is 48.5 Å². The average Bonchev–Trinajstić information content (AvgIpc) is 3.32. The lowest BCUT2D eigenvalue weighted by molar-refractivity contribution is 0.484. The Labute approximate surface area is 150 Å². The van der Waals surface area contributed by atoms with Crippen LogP contribution in [0.1, 0.15) is 51.4 Å². The summed E-state index contributed by atoms with van der Waals surface area (Å²) in [5.74, 6) is 1.82. The second-order valence-corrected chi connectivity index (χ2v) is 7.35. The molecule has 0 heterocycles. The van der Waals surface area contributed by atoms with Crippen LogP contribution < -0.4 is 15.4 Å². The highest BCUT2D eigenvalue weighted by Gasteiger charge is 2.18. The van der Waals surface area contributed by atoms with E-state index in [2.05, 4.69) is 47.0 Å². The van der Waals surface area contributed by atoms with Crippen molar-refractivity contribution in [2.45, 2.75) is 63.5 Å². The Balaban J connectivity index is 1.52. The highest BCUT2D eigenvalue weighted by Crippen LogP contribution is 2.36. The zero-order valence-corrected chi connectivity index (χ0v) is 14.8. The zero-order valence-electron chi connectivity index (χ0n) is 14.8. The van der Waals surface area contributed by atoms with E-state index in [4.69, 9.17) is 4.74 Å². The van der Waals surface area contributed by atoms with E-state index in [0.29, 0.717) is 12.1 Å². The Hall–Kier alpha value is -2.16. The third kappa shape index (κ3) is 4.09. The number of hydrogen-bond donors (Lipinski definition) is 2. The molecule has 2 aromatic carbocycles. The monoisotopic (exact) mass is 336 g/mol. The van der Waals surface area contributed by atoms with Gasteiger partial charge < -0.3 is 15.4 Å². The SMILES string of the molecule is c1ccc(Oc2ccccc2NC2CCCC2)c(NC2CCCC2)c1. The highest BCUT2D eigenvalue weighted by atomic mass is 16.5. The molecule has 2 saturated carbocycles. The van der Waals surface area contributed by atoms with Crippen LogP contribution in [-0.2, 0) is 0 Å². The van der Waals surface area contributed by atoms with Crippen molar-refractivity contribution < 1.29 is 4.74 Å². The van der Waals surface area contributed by atoms with Crippen molar-refractivity contribution in [2.24, 2.45) is 0 Å². The number of ether oxygens (including phenoxy) is 1. The molecule has 3 heteroatoms. The van der Waals surface area contributed by atoms with Gasteiger partial charge in [0.05, 0.1) is 11.4 Å². The van der Waals surface area contributed by atoms with Crippen LogP contribution in [-0.4, -0.2) is 12.1 Å². The van der Waals surface area contributed by atoms with Crippen LogP contribution in [0.5, 0.6) is 11.5 Å². The van der Waals surface area contributed by atoms with Gasteiger partial charge in [-0.3, -0.25) is 0 Å². The summed E-state index contributed by atoms with van der Waals surface area (Å²) in [6, 6.07) is 17.8. The van der Waals surface area contributed by atoms with Crippen LogP contribution in [0.25, 0.3) is 0 Å². The summed E-state index contributed by atoms with van der Waals surface area (Å²) in [5.41, 5.74) is 2.20. The molecule has 0 spiro atoms. The predicted octanol–water partition coefficient (Wildman–Crippen LogP) is 6.19. The summed E-state index contributed by atoms with van der Waals surface area (Å²) in [7, 11) is 0. The van der Waals surface area contributed by atoms with Gasteiger partial charge in [-0.15, -0.1) is 0 Å².